The Labute approximate surface area is 94.3 Å². The van der Waals surface area contributed by atoms with E-state index in [0.717, 1.165) is 12.0 Å². The predicted octanol–water partition coefficient (Wildman–Crippen LogP) is 3.74. The monoisotopic (exact) mass is 222 g/mol. The highest BCUT2D eigenvalue weighted by Crippen LogP contribution is 2.25. The summed E-state index contributed by atoms with van der Waals surface area (Å²) in [6.07, 6.45) is 7.41. The molecule has 15 heavy (non-hydrogen) atoms. The van der Waals surface area contributed by atoms with Gasteiger partial charge in [-0.1, -0.05) is 38.3 Å². The molecule has 0 aromatic heterocycles. The summed E-state index contributed by atoms with van der Waals surface area (Å²) >= 11 is 0. The molecular formula is C13H22OSi. The first-order valence-corrected chi connectivity index (χ1v) is 9.41. The van der Waals surface area contributed by atoms with E-state index in [9.17, 15) is 4.79 Å². The molecule has 1 nitrogen and oxygen atoms in total. The molecule has 1 atom stereocenters. The van der Waals surface area contributed by atoms with Gasteiger partial charge in [0.2, 0.25) is 0 Å². The molecule has 0 N–H and O–H groups in total. The molecular weight excluding hydrogens is 200 g/mol. The second-order valence-electron chi connectivity index (χ2n) is 5.56. The van der Waals surface area contributed by atoms with Crippen LogP contribution in [0.5, 0.6) is 0 Å². The normalized spacial score (nSPS) is 22.9. The third-order valence-corrected chi connectivity index (χ3v) is 3.92. The topological polar surface area (TPSA) is 17.1 Å². The van der Waals surface area contributed by atoms with Crippen molar-refractivity contribution in [2.45, 2.75) is 45.8 Å². The minimum Gasteiger partial charge on any atom is -0.290 e. The van der Waals surface area contributed by atoms with Gasteiger partial charge in [0, 0.05) is 0 Å². The molecule has 0 saturated heterocycles. The lowest BCUT2D eigenvalue weighted by atomic mass is 9.87. The van der Waals surface area contributed by atoms with E-state index in [2.05, 4.69) is 38.3 Å². The molecule has 0 fully saturated rings. The summed E-state index contributed by atoms with van der Waals surface area (Å²) in [4.78, 5) is 11.9. The number of hydrogen-bond acceptors (Lipinski definition) is 1. The second-order valence-corrected chi connectivity index (χ2v) is 10.6. The molecule has 0 heterocycles. The Hall–Kier alpha value is -0.633. The van der Waals surface area contributed by atoms with Gasteiger partial charge < -0.3 is 0 Å². The Morgan fingerprint density at radius 1 is 1.47 bits per heavy atom. The summed E-state index contributed by atoms with van der Waals surface area (Å²) in [6.45, 7) is 8.89. The highest BCUT2D eigenvalue weighted by Gasteiger charge is 2.18. The fraction of sp³-hybridized carbons (Fsp3) is 0.615. The lowest BCUT2D eigenvalue weighted by Crippen LogP contribution is -2.18. The van der Waals surface area contributed by atoms with Gasteiger partial charge in [0.25, 0.3) is 0 Å². The minimum absolute atomic E-state index is 0.240. The molecule has 0 aliphatic heterocycles. The van der Waals surface area contributed by atoms with E-state index in [0.29, 0.717) is 5.92 Å². The number of ketones is 1. The van der Waals surface area contributed by atoms with Crippen LogP contribution >= 0.6 is 0 Å². The van der Waals surface area contributed by atoms with Crippen molar-refractivity contribution in [1.29, 1.82) is 0 Å². The van der Waals surface area contributed by atoms with E-state index in [1.54, 1.807) is 6.08 Å². The Kier molecular flexibility index (Phi) is 4.09. The summed E-state index contributed by atoms with van der Waals surface area (Å²) in [7, 11) is -1.23. The van der Waals surface area contributed by atoms with Crippen LogP contribution in [0.3, 0.4) is 0 Å². The quantitative estimate of drug-likeness (QED) is 0.525. The van der Waals surface area contributed by atoms with Crippen LogP contribution in [0.4, 0.5) is 0 Å². The van der Waals surface area contributed by atoms with Crippen molar-refractivity contribution in [2.24, 2.45) is 5.92 Å². The molecule has 1 aliphatic rings. The first kappa shape index (κ1) is 12.4. The van der Waals surface area contributed by atoms with Crippen LogP contribution in [0.2, 0.25) is 19.6 Å². The molecule has 1 aliphatic carbocycles. The van der Waals surface area contributed by atoms with Gasteiger partial charge >= 0.3 is 0 Å². The number of rotatable bonds is 3. The molecule has 0 aromatic carbocycles. The SMILES string of the molecule is CC1CCCC=C1C(=O)C=C[Si](C)(C)C. The van der Waals surface area contributed by atoms with Gasteiger partial charge in [0.1, 0.15) is 0 Å². The number of hydrogen-bond donors (Lipinski definition) is 0. The summed E-state index contributed by atoms with van der Waals surface area (Å²) in [5, 5.41) is 0. The van der Waals surface area contributed by atoms with Crippen molar-refractivity contribution < 1.29 is 4.79 Å². The Bertz CT molecular complexity index is 294. The van der Waals surface area contributed by atoms with Crippen LogP contribution in [0, 0.1) is 5.92 Å². The maximum atomic E-state index is 11.9. The standard InChI is InChI=1S/C13H22OSi/c1-11-7-5-6-8-12(11)13(14)9-10-15(2,3)4/h8-11H,5-7H2,1-4H3. The van der Waals surface area contributed by atoms with Gasteiger partial charge in [0.15, 0.2) is 5.78 Å². The van der Waals surface area contributed by atoms with Crippen LogP contribution in [0.1, 0.15) is 26.2 Å². The van der Waals surface area contributed by atoms with E-state index in [4.69, 9.17) is 0 Å². The van der Waals surface area contributed by atoms with Gasteiger partial charge in [-0.2, -0.15) is 0 Å². The zero-order chi connectivity index (χ0) is 11.5. The van der Waals surface area contributed by atoms with Crippen LogP contribution < -0.4 is 0 Å². The molecule has 0 bridgehead atoms. The van der Waals surface area contributed by atoms with Crippen molar-refractivity contribution in [3.05, 3.63) is 23.4 Å². The maximum absolute atomic E-state index is 11.9. The highest BCUT2D eigenvalue weighted by molar-refractivity contribution is 6.81. The summed E-state index contributed by atoms with van der Waals surface area (Å²) in [5.74, 6) is 0.696. The van der Waals surface area contributed by atoms with Crippen molar-refractivity contribution in [2.75, 3.05) is 0 Å². The average Bonchev–Trinajstić information content (AvgIpc) is 2.14. The average molecular weight is 222 g/mol. The number of carbonyl (C=O) groups excluding carboxylic acids is 1. The van der Waals surface area contributed by atoms with Crippen LogP contribution in [0.25, 0.3) is 0 Å². The zero-order valence-electron chi connectivity index (χ0n) is 10.3. The van der Waals surface area contributed by atoms with Crippen molar-refractivity contribution in [1.82, 2.24) is 0 Å². The molecule has 0 radical (unpaired) electrons. The highest BCUT2D eigenvalue weighted by atomic mass is 28.3. The largest absolute Gasteiger partial charge is 0.290 e. The Morgan fingerprint density at radius 2 is 2.13 bits per heavy atom. The Morgan fingerprint density at radius 3 is 2.67 bits per heavy atom. The summed E-state index contributed by atoms with van der Waals surface area (Å²) in [5.41, 5.74) is 3.17. The summed E-state index contributed by atoms with van der Waals surface area (Å²) < 4.78 is 0. The predicted molar refractivity (Wildman–Crippen MR) is 68.6 cm³/mol. The number of allylic oxidation sites excluding steroid dienone is 3. The van der Waals surface area contributed by atoms with E-state index in [1.807, 2.05) is 0 Å². The van der Waals surface area contributed by atoms with E-state index in [-0.39, 0.29) is 5.78 Å². The second kappa shape index (κ2) is 4.93. The van der Waals surface area contributed by atoms with Crippen LogP contribution in [-0.2, 0) is 4.79 Å². The van der Waals surface area contributed by atoms with E-state index >= 15 is 0 Å². The van der Waals surface area contributed by atoms with E-state index < -0.39 is 8.07 Å². The zero-order valence-corrected chi connectivity index (χ0v) is 11.3. The number of carbonyl (C=O) groups is 1. The molecule has 0 saturated carbocycles. The van der Waals surface area contributed by atoms with E-state index in [1.165, 1.54) is 12.8 Å². The fourth-order valence-corrected chi connectivity index (χ4v) is 2.46. The molecule has 0 aromatic rings. The lowest BCUT2D eigenvalue weighted by Gasteiger charge is -2.18. The van der Waals surface area contributed by atoms with Crippen molar-refractivity contribution in [3.8, 4) is 0 Å². The van der Waals surface area contributed by atoms with Gasteiger partial charge in [-0.15, -0.1) is 0 Å². The molecule has 0 spiro atoms. The Balaban J connectivity index is 2.69. The fourth-order valence-electron chi connectivity index (χ4n) is 1.80. The summed E-state index contributed by atoms with van der Waals surface area (Å²) in [6, 6.07) is 0. The first-order valence-electron chi connectivity index (χ1n) is 5.84. The molecule has 0 amide bonds. The van der Waals surface area contributed by atoms with Gasteiger partial charge in [-0.3, -0.25) is 4.79 Å². The van der Waals surface area contributed by atoms with Gasteiger partial charge in [-0.25, -0.2) is 0 Å². The minimum atomic E-state index is -1.23. The molecule has 1 unspecified atom stereocenters. The third-order valence-electron chi connectivity index (χ3n) is 2.76. The third kappa shape index (κ3) is 4.16. The lowest BCUT2D eigenvalue weighted by molar-refractivity contribution is -0.111. The first-order chi connectivity index (χ1) is 6.90. The van der Waals surface area contributed by atoms with Crippen LogP contribution in [0.15, 0.2) is 23.4 Å². The maximum Gasteiger partial charge on any atom is 0.181 e. The molecule has 2 heteroatoms. The molecule has 1 rings (SSSR count). The van der Waals surface area contributed by atoms with Crippen molar-refractivity contribution >= 4 is 13.9 Å². The van der Waals surface area contributed by atoms with Gasteiger partial charge in [0.05, 0.1) is 8.07 Å². The molecule has 84 valence electrons. The van der Waals surface area contributed by atoms with Gasteiger partial charge in [-0.05, 0) is 36.8 Å². The smallest absolute Gasteiger partial charge is 0.181 e. The van der Waals surface area contributed by atoms with Crippen LogP contribution in [-0.4, -0.2) is 13.9 Å². The van der Waals surface area contributed by atoms with Crippen molar-refractivity contribution in [3.63, 3.8) is 0 Å².